The first-order valence-electron chi connectivity index (χ1n) is 10.6. The largest absolute Gasteiger partial charge is 0.346 e. The zero-order chi connectivity index (χ0) is 23.4. The van der Waals surface area contributed by atoms with Crippen LogP contribution in [0.3, 0.4) is 0 Å². The van der Waals surface area contributed by atoms with Gasteiger partial charge in [0.05, 0.1) is 12.1 Å². The fourth-order valence-electron chi connectivity index (χ4n) is 4.03. The molecule has 1 fully saturated rings. The second-order valence-corrected chi connectivity index (χ2v) is 8.27. The Morgan fingerprint density at radius 3 is 2.12 bits per heavy atom. The van der Waals surface area contributed by atoms with Crippen molar-refractivity contribution >= 4 is 29.4 Å². The van der Waals surface area contributed by atoms with Crippen LogP contribution in [0.25, 0.3) is 0 Å². The Morgan fingerprint density at radius 1 is 0.909 bits per heavy atom. The molecule has 3 aromatic carbocycles. The van der Waals surface area contributed by atoms with Crippen LogP contribution in [0.1, 0.15) is 35.1 Å². The lowest BCUT2D eigenvalue weighted by atomic mass is 9.76. The quantitative estimate of drug-likeness (QED) is 0.422. The van der Waals surface area contributed by atoms with Crippen molar-refractivity contribution in [1.29, 1.82) is 0 Å². The smallest absolute Gasteiger partial charge is 0.329 e. The Labute approximate surface area is 197 Å². The third kappa shape index (κ3) is 4.53. The zero-order valence-corrected chi connectivity index (χ0v) is 18.8. The Kier molecular flexibility index (Phi) is 6.58. The number of hydrogen-bond donors (Lipinski definition) is 1. The molecule has 1 atom stereocenters. The molecule has 1 heterocycles. The predicted octanol–water partition coefficient (Wildman–Crippen LogP) is 4.14. The maximum Gasteiger partial charge on any atom is 0.346 e. The summed E-state index contributed by atoms with van der Waals surface area (Å²) in [4.78, 5) is 41.5. The molecular weight excluding hydrogens is 440 g/mol. The number of halogens is 1. The summed E-state index contributed by atoms with van der Waals surface area (Å²) in [6.45, 7) is 1.73. The van der Waals surface area contributed by atoms with E-state index < -0.39 is 23.3 Å². The third-order valence-corrected chi connectivity index (χ3v) is 6.00. The van der Waals surface area contributed by atoms with Crippen molar-refractivity contribution in [3.05, 3.63) is 106 Å². The number of amides is 2. The zero-order valence-electron chi connectivity index (χ0n) is 18.1. The van der Waals surface area contributed by atoms with Crippen molar-refractivity contribution in [3.8, 4) is 0 Å². The molecule has 168 valence electrons. The molecule has 6 nitrogen and oxygen atoms in total. The van der Waals surface area contributed by atoms with E-state index in [0.29, 0.717) is 10.1 Å². The molecule has 2 amide bonds. The maximum atomic E-state index is 12.7. The lowest BCUT2D eigenvalue weighted by Gasteiger charge is -2.37. The standard InChI is InChI=1S/C26H23ClN2O4/c1-18-11-13-20(14-12-18)26(19-7-3-2-4-8-19,21-9-5-6-10-22(21)27)28-17-25(32)33-29-23(30)15-16-24(29)31/h2-14,28H,15-17H2,1H3. The summed E-state index contributed by atoms with van der Waals surface area (Å²) < 4.78 is 0. The van der Waals surface area contributed by atoms with Gasteiger partial charge in [-0.05, 0) is 29.7 Å². The molecule has 0 aromatic heterocycles. The summed E-state index contributed by atoms with van der Waals surface area (Å²) in [6.07, 6.45) is 0.0764. The number of benzene rings is 3. The van der Waals surface area contributed by atoms with Gasteiger partial charge >= 0.3 is 5.97 Å². The predicted molar refractivity (Wildman–Crippen MR) is 124 cm³/mol. The Bertz CT molecular complexity index is 1160. The highest BCUT2D eigenvalue weighted by molar-refractivity contribution is 6.31. The van der Waals surface area contributed by atoms with Crippen LogP contribution in [0.2, 0.25) is 5.02 Å². The monoisotopic (exact) mass is 462 g/mol. The molecule has 1 unspecified atom stereocenters. The van der Waals surface area contributed by atoms with Gasteiger partial charge in [0, 0.05) is 17.9 Å². The Morgan fingerprint density at radius 2 is 1.48 bits per heavy atom. The highest BCUT2D eigenvalue weighted by Crippen LogP contribution is 2.40. The van der Waals surface area contributed by atoms with Crippen molar-refractivity contribution in [2.45, 2.75) is 25.3 Å². The van der Waals surface area contributed by atoms with Gasteiger partial charge in [0.25, 0.3) is 11.8 Å². The van der Waals surface area contributed by atoms with Crippen LogP contribution in [-0.4, -0.2) is 29.4 Å². The van der Waals surface area contributed by atoms with Gasteiger partial charge in [-0.15, -0.1) is 5.06 Å². The summed E-state index contributed by atoms with van der Waals surface area (Å²) in [5, 5.41) is 4.41. The third-order valence-electron chi connectivity index (χ3n) is 5.67. The molecule has 1 aliphatic heterocycles. The Hall–Kier alpha value is -3.48. The molecule has 7 heteroatoms. The van der Waals surface area contributed by atoms with Gasteiger partial charge in [-0.25, -0.2) is 4.79 Å². The first-order chi connectivity index (χ1) is 15.9. The minimum absolute atomic E-state index is 0.0382. The van der Waals surface area contributed by atoms with E-state index in [1.165, 1.54) is 0 Å². The van der Waals surface area contributed by atoms with Gasteiger partial charge in [-0.3, -0.25) is 14.9 Å². The number of hydrogen-bond acceptors (Lipinski definition) is 5. The van der Waals surface area contributed by atoms with Crippen molar-refractivity contribution in [2.24, 2.45) is 0 Å². The summed E-state index contributed by atoms with van der Waals surface area (Å²) >= 11 is 6.68. The molecule has 4 rings (SSSR count). The van der Waals surface area contributed by atoms with E-state index >= 15 is 0 Å². The Balaban J connectivity index is 1.77. The average Bonchev–Trinajstić information content (AvgIpc) is 3.14. The number of rotatable bonds is 7. The van der Waals surface area contributed by atoms with Crippen molar-refractivity contribution < 1.29 is 19.2 Å². The van der Waals surface area contributed by atoms with Crippen LogP contribution in [-0.2, 0) is 24.8 Å². The van der Waals surface area contributed by atoms with Crippen LogP contribution >= 0.6 is 11.6 Å². The van der Waals surface area contributed by atoms with E-state index in [1.54, 1.807) is 6.07 Å². The molecule has 0 spiro atoms. The van der Waals surface area contributed by atoms with Crippen LogP contribution in [0.4, 0.5) is 0 Å². The van der Waals surface area contributed by atoms with E-state index in [1.807, 2.05) is 79.7 Å². The lowest BCUT2D eigenvalue weighted by Crippen LogP contribution is -2.48. The molecule has 0 saturated carbocycles. The molecular formula is C26H23ClN2O4. The molecule has 0 radical (unpaired) electrons. The molecule has 0 aliphatic carbocycles. The van der Waals surface area contributed by atoms with Crippen LogP contribution in [0.5, 0.6) is 0 Å². The lowest BCUT2D eigenvalue weighted by molar-refractivity contribution is -0.196. The number of nitrogens with one attached hydrogen (secondary N) is 1. The fraction of sp³-hybridized carbons (Fsp3) is 0.192. The SMILES string of the molecule is Cc1ccc(C(NCC(=O)ON2C(=O)CCC2=O)(c2ccccc2)c2ccccc2Cl)cc1. The molecule has 3 aromatic rings. The minimum Gasteiger partial charge on any atom is -0.329 e. The molecule has 0 bridgehead atoms. The second-order valence-electron chi connectivity index (χ2n) is 7.86. The van der Waals surface area contributed by atoms with E-state index in [-0.39, 0.29) is 19.4 Å². The first-order valence-corrected chi connectivity index (χ1v) is 11.0. The van der Waals surface area contributed by atoms with Gasteiger partial charge < -0.3 is 4.84 Å². The number of aryl methyl sites for hydroxylation is 1. The van der Waals surface area contributed by atoms with Crippen LogP contribution in [0.15, 0.2) is 78.9 Å². The molecule has 1 saturated heterocycles. The summed E-state index contributed by atoms with van der Waals surface area (Å²) in [5.41, 5.74) is 2.58. The molecule has 1 N–H and O–H groups in total. The van der Waals surface area contributed by atoms with Crippen molar-refractivity contribution in [1.82, 2.24) is 10.4 Å². The van der Waals surface area contributed by atoms with E-state index in [0.717, 1.165) is 22.3 Å². The first kappa shape index (κ1) is 22.7. The van der Waals surface area contributed by atoms with E-state index in [4.69, 9.17) is 16.4 Å². The normalized spacial score (nSPS) is 15.4. The fourth-order valence-corrected chi connectivity index (χ4v) is 4.31. The summed E-state index contributed by atoms with van der Waals surface area (Å²) in [6, 6.07) is 25.0. The van der Waals surface area contributed by atoms with Gasteiger partial charge in [-0.1, -0.05) is 90.0 Å². The maximum absolute atomic E-state index is 12.7. The van der Waals surface area contributed by atoms with Gasteiger partial charge in [-0.2, -0.15) is 0 Å². The minimum atomic E-state index is -0.995. The summed E-state index contributed by atoms with van der Waals surface area (Å²) in [7, 11) is 0. The van der Waals surface area contributed by atoms with Crippen LogP contribution in [0, 0.1) is 6.92 Å². The summed E-state index contributed by atoms with van der Waals surface area (Å²) in [5.74, 6) is -1.79. The number of hydroxylamine groups is 2. The van der Waals surface area contributed by atoms with Crippen LogP contribution < -0.4 is 5.32 Å². The molecule has 33 heavy (non-hydrogen) atoms. The highest BCUT2D eigenvalue weighted by atomic mass is 35.5. The van der Waals surface area contributed by atoms with E-state index in [2.05, 4.69) is 5.32 Å². The second kappa shape index (κ2) is 9.57. The topological polar surface area (TPSA) is 75.7 Å². The van der Waals surface area contributed by atoms with Crippen molar-refractivity contribution in [2.75, 3.05) is 6.54 Å². The molecule has 1 aliphatic rings. The van der Waals surface area contributed by atoms with Gasteiger partial charge in [0.2, 0.25) is 0 Å². The number of imide groups is 1. The van der Waals surface area contributed by atoms with E-state index in [9.17, 15) is 14.4 Å². The number of nitrogens with zero attached hydrogens (tertiary/aromatic N) is 1. The number of carbonyl (C=O) groups excluding carboxylic acids is 3. The average molecular weight is 463 g/mol. The van der Waals surface area contributed by atoms with Crippen molar-refractivity contribution in [3.63, 3.8) is 0 Å². The van der Waals surface area contributed by atoms with Gasteiger partial charge in [0.1, 0.15) is 0 Å². The van der Waals surface area contributed by atoms with Gasteiger partial charge in [0.15, 0.2) is 0 Å². The number of carbonyl (C=O) groups is 3. The highest BCUT2D eigenvalue weighted by Gasteiger charge is 2.39.